The minimum Gasteiger partial charge on any atom is -0.380 e. The monoisotopic (exact) mass is 297 g/mol. The Balaban J connectivity index is 1.94. The van der Waals surface area contributed by atoms with Crippen LogP contribution >= 0.6 is 0 Å². The number of aromatic nitrogens is 1. The fourth-order valence-corrected chi connectivity index (χ4v) is 1.95. The number of carbonyl (C=O) groups excluding carboxylic acids is 1. The van der Waals surface area contributed by atoms with Gasteiger partial charge in [0.05, 0.1) is 11.9 Å². The predicted octanol–water partition coefficient (Wildman–Crippen LogP) is 3.53. The molecule has 4 nitrogen and oxygen atoms in total. The number of amides is 1. The maximum absolute atomic E-state index is 12.0. The molecule has 0 spiro atoms. The van der Waals surface area contributed by atoms with E-state index in [-0.39, 0.29) is 11.4 Å². The van der Waals surface area contributed by atoms with Gasteiger partial charge in [0.1, 0.15) is 5.69 Å². The van der Waals surface area contributed by atoms with Crippen molar-refractivity contribution < 1.29 is 4.79 Å². The van der Waals surface area contributed by atoms with Gasteiger partial charge < -0.3 is 10.6 Å². The largest absolute Gasteiger partial charge is 0.380 e. The molecular weight excluding hydrogens is 274 g/mol. The third kappa shape index (κ3) is 4.88. The third-order valence-electron chi connectivity index (χ3n) is 3.10. The molecule has 0 aliphatic heterocycles. The Kier molecular flexibility index (Phi) is 4.81. The van der Waals surface area contributed by atoms with Crippen LogP contribution < -0.4 is 10.6 Å². The number of pyridine rings is 1. The normalized spacial score (nSPS) is 11.1. The van der Waals surface area contributed by atoms with E-state index in [1.54, 1.807) is 12.3 Å². The predicted molar refractivity (Wildman–Crippen MR) is 90.0 cm³/mol. The molecule has 1 heterocycles. The number of hydrogen-bond donors (Lipinski definition) is 2. The minimum absolute atomic E-state index is 0.155. The highest BCUT2D eigenvalue weighted by Gasteiger charge is 2.15. The van der Waals surface area contributed by atoms with E-state index in [2.05, 4.69) is 46.8 Å². The molecule has 22 heavy (non-hydrogen) atoms. The molecule has 0 aliphatic carbocycles. The SMILES string of the molecule is Cc1ccc(CNc2ccc(C(=O)NC(C)(C)C)nc2)cc1. The molecule has 2 N–H and O–H groups in total. The van der Waals surface area contributed by atoms with Gasteiger partial charge in [-0.25, -0.2) is 4.98 Å². The summed E-state index contributed by atoms with van der Waals surface area (Å²) < 4.78 is 0. The first kappa shape index (κ1) is 16.0. The van der Waals surface area contributed by atoms with Gasteiger partial charge in [-0.2, -0.15) is 0 Å². The van der Waals surface area contributed by atoms with Crippen molar-refractivity contribution in [2.45, 2.75) is 39.8 Å². The van der Waals surface area contributed by atoms with Crippen LogP contribution in [0.25, 0.3) is 0 Å². The highest BCUT2D eigenvalue weighted by atomic mass is 16.2. The zero-order chi connectivity index (χ0) is 16.2. The van der Waals surface area contributed by atoms with E-state index >= 15 is 0 Å². The summed E-state index contributed by atoms with van der Waals surface area (Å²) in [6.45, 7) is 8.64. The second-order valence-electron chi connectivity index (χ2n) is 6.48. The Morgan fingerprint density at radius 1 is 1.09 bits per heavy atom. The fourth-order valence-electron chi connectivity index (χ4n) is 1.95. The van der Waals surface area contributed by atoms with Crippen LogP contribution in [-0.2, 0) is 6.54 Å². The molecule has 0 saturated carbocycles. The number of hydrogen-bond acceptors (Lipinski definition) is 3. The zero-order valence-electron chi connectivity index (χ0n) is 13.6. The second kappa shape index (κ2) is 6.60. The molecule has 116 valence electrons. The van der Waals surface area contributed by atoms with Crippen molar-refractivity contribution in [3.8, 4) is 0 Å². The van der Waals surface area contributed by atoms with Crippen LogP contribution in [-0.4, -0.2) is 16.4 Å². The first-order valence-corrected chi connectivity index (χ1v) is 7.41. The summed E-state index contributed by atoms with van der Waals surface area (Å²) in [5, 5.41) is 6.20. The molecule has 1 amide bonds. The molecule has 0 aliphatic rings. The molecule has 0 fully saturated rings. The number of nitrogens with one attached hydrogen (secondary N) is 2. The molecule has 0 unspecified atom stereocenters. The molecule has 0 bridgehead atoms. The molecule has 2 aromatic rings. The Labute approximate surface area is 132 Å². The van der Waals surface area contributed by atoms with E-state index in [9.17, 15) is 4.79 Å². The standard InChI is InChI=1S/C18H23N3O/c1-13-5-7-14(8-6-13)11-19-15-9-10-16(20-12-15)17(22)21-18(2,3)4/h5-10,12,19H,11H2,1-4H3,(H,21,22). The summed E-state index contributed by atoms with van der Waals surface area (Å²) in [6, 6.07) is 12.0. The highest BCUT2D eigenvalue weighted by Crippen LogP contribution is 2.10. The lowest BCUT2D eigenvalue weighted by Gasteiger charge is -2.20. The van der Waals surface area contributed by atoms with Crippen LogP contribution in [0.5, 0.6) is 0 Å². The van der Waals surface area contributed by atoms with Gasteiger partial charge in [-0.05, 0) is 45.4 Å². The second-order valence-corrected chi connectivity index (χ2v) is 6.48. The quantitative estimate of drug-likeness (QED) is 0.907. The molecule has 0 radical (unpaired) electrons. The number of carbonyl (C=O) groups is 1. The van der Waals surface area contributed by atoms with Crippen molar-refractivity contribution in [3.63, 3.8) is 0 Å². The van der Waals surface area contributed by atoms with Crippen LogP contribution in [0.4, 0.5) is 5.69 Å². The Hall–Kier alpha value is -2.36. The number of rotatable bonds is 4. The van der Waals surface area contributed by atoms with Gasteiger partial charge in [0.2, 0.25) is 0 Å². The summed E-state index contributed by atoms with van der Waals surface area (Å²) in [5.41, 5.74) is 3.52. The lowest BCUT2D eigenvalue weighted by molar-refractivity contribution is 0.0914. The summed E-state index contributed by atoms with van der Waals surface area (Å²) in [6.07, 6.45) is 1.69. The molecule has 0 atom stereocenters. The number of benzene rings is 1. The van der Waals surface area contributed by atoms with Crippen molar-refractivity contribution >= 4 is 11.6 Å². The Morgan fingerprint density at radius 2 is 1.77 bits per heavy atom. The summed E-state index contributed by atoms with van der Waals surface area (Å²) >= 11 is 0. The fraction of sp³-hybridized carbons (Fsp3) is 0.333. The summed E-state index contributed by atoms with van der Waals surface area (Å²) in [5.74, 6) is -0.155. The van der Waals surface area contributed by atoms with Crippen molar-refractivity contribution in [2.75, 3.05) is 5.32 Å². The van der Waals surface area contributed by atoms with Gasteiger partial charge in [0.25, 0.3) is 5.91 Å². The van der Waals surface area contributed by atoms with Gasteiger partial charge in [-0.1, -0.05) is 29.8 Å². The van der Waals surface area contributed by atoms with Crippen LogP contribution in [0.3, 0.4) is 0 Å². The van der Waals surface area contributed by atoms with E-state index in [1.807, 2.05) is 26.8 Å². The first-order chi connectivity index (χ1) is 10.3. The van der Waals surface area contributed by atoms with Crippen molar-refractivity contribution in [3.05, 3.63) is 59.4 Å². The van der Waals surface area contributed by atoms with Crippen LogP contribution in [0, 0.1) is 6.92 Å². The summed E-state index contributed by atoms with van der Waals surface area (Å²) in [7, 11) is 0. The van der Waals surface area contributed by atoms with E-state index in [1.165, 1.54) is 11.1 Å². The zero-order valence-corrected chi connectivity index (χ0v) is 13.6. The molecule has 1 aromatic heterocycles. The van der Waals surface area contributed by atoms with E-state index < -0.39 is 0 Å². The maximum Gasteiger partial charge on any atom is 0.270 e. The maximum atomic E-state index is 12.0. The summed E-state index contributed by atoms with van der Waals surface area (Å²) in [4.78, 5) is 16.2. The smallest absolute Gasteiger partial charge is 0.270 e. The van der Waals surface area contributed by atoms with Crippen molar-refractivity contribution in [1.29, 1.82) is 0 Å². The Bertz CT molecular complexity index is 625. The van der Waals surface area contributed by atoms with E-state index in [0.29, 0.717) is 5.69 Å². The van der Waals surface area contributed by atoms with Gasteiger partial charge >= 0.3 is 0 Å². The highest BCUT2D eigenvalue weighted by molar-refractivity contribution is 5.92. The van der Waals surface area contributed by atoms with Gasteiger partial charge in [-0.3, -0.25) is 4.79 Å². The molecule has 1 aromatic carbocycles. The van der Waals surface area contributed by atoms with Gasteiger partial charge in [0, 0.05) is 12.1 Å². The van der Waals surface area contributed by atoms with Crippen molar-refractivity contribution in [2.24, 2.45) is 0 Å². The number of aryl methyl sites for hydroxylation is 1. The first-order valence-electron chi connectivity index (χ1n) is 7.41. The van der Waals surface area contributed by atoms with Gasteiger partial charge in [-0.15, -0.1) is 0 Å². The average molecular weight is 297 g/mol. The molecule has 2 rings (SSSR count). The topological polar surface area (TPSA) is 54.0 Å². The van der Waals surface area contributed by atoms with Gasteiger partial charge in [0.15, 0.2) is 0 Å². The number of nitrogens with zero attached hydrogens (tertiary/aromatic N) is 1. The van der Waals surface area contributed by atoms with Crippen LogP contribution in [0.15, 0.2) is 42.6 Å². The molecule has 0 saturated heterocycles. The number of anilines is 1. The third-order valence-corrected chi connectivity index (χ3v) is 3.10. The lowest BCUT2D eigenvalue weighted by Crippen LogP contribution is -2.40. The van der Waals surface area contributed by atoms with E-state index in [4.69, 9.17) is 0 Å². The van der Waals surface area contributed by atoms with Crippen LogP contribution in [0.2, 0.25) is 0 Å². The lowest BCUT2D eigenvalue weighted by atomic mass is 10.1. The minimum atomic E-state index is -0.263. The Morgan fingerprint density at radius 3 is 2.32 bits per heavy atom. The average Bonchev–Trinajstić information content (AvgIpc) is 2.45. The van der Waals surface area contributed by atoms with E-state index in [0.717, 1.165) is 12.2 Å². The molecule has 4 heteroatoms. The van der Waals surface area contributed by atoms with Crippen LogP contribution in [0.1, 0.15) is 42.4 Å². The van der Waals surface area contributed by atoms with Crippen molar-refractivity contribution in [1.82, 2.24) is 10.3 Å². The molecular formula is C18H23N3O.